The van der Waals surface area contributed by atoms with Gasteiger partial charge < -0.3 is 13.7 Å². The summed E-state index contributed by atoms with van der Waals surface area (Å²) in [6.45, 7) is 7.09. The minimum atomic E-state index is -4.10. The van der Waals surface area contributed by atoms with Crippen molar-refractivity contribution in [1.82, 2.24) is 9.78 Å². The molecule has 3 rings (SSSR count). The third-order valence-electron chi connectivity index (χ3n) is 4.86. The second-order valence-electron chi connectivity index (χ2n) is 8.82. The lowest BCUT2D eigenvalue weighted by Gasteiger charge is -2.21. The van der Waals surface area contributed by atoms with Gasteiger partial charge >= 0.3 is 16.1 Å². The van der Waals surface area contributed by atoms with Gasteiger partial charge in [-0.25, -0.2) is 9.48 Å². The zero-order valence-electron chi connectivity index (χ0n) is 20.4. The predicted octanol–water partition coefficient (Wildman–Crippen LogP) is 4.32. The van der Waals surface area contributed by atoms with Crippen LogP contribution in [0.4, 0.5) is 0 Å². The molecule has 0 atom stereocenters. The summed E-state index contributed by atoms with van der Waals surface area (Å²) < 4.78 is 42.7. The van der Waals surface area contributed by atoms with Crippen LogP contribution < -0.4 is 14.5 Å². The molecule has 3 aromatic rings. The van der Waals surface area contributed by atoms with Crippen molar-refractivity contribution >= 4 is 27.7 Å². The summed E-state index contributed by atoms with van der Waals surface area (Å²) >= 11 is 6.20. The van der Waals surface area contributed by atoms with Crippen molar-refractivity contribution in [3.8, 4) is 11.5 Å². The molecule has 0 fully saturated rings. The number of ether oxygens (including phenoxy) is 2. The molecule has 0 amide bonds. The van der Waals surface area contributed by atoms with Crippen LogP contribution in [0.15, 0.2) is 59.5 Å². The summed E-state index contributed by atoms with van der Waals surface area (Å²) in [5, 5.41) is 3.98. The lowest BCUT2D eigenvalue weighted by atomic mass is 10.1. The molecule has 0 saturated heterocycles. The van der Waals surface area contributed by atoms with Gasteiger partial charge in [0.2, 0.25) is 0 Å². The van der Waals surface area contributed by atoms with Crippen molar-refractivity contribution in [2.24, 2.45) is 0 Å². The number of carbonyl (C=O) groups is 1. The highest BCUT2D eigenvalue weighted by Crippen LogP contribution is 2.27. The summed E-state index contributed by atoms with van der Waals surface area (Å²) in [6.07, 6.45) is 1.34. The molecule has 192 valence electrons. The molecular weight excluding hydrogens is 508 g/mol. The van der Waals surface area contributed by atoms with Gasteiger partial charge in [0.05, 0.1) is 18.3 Å². The topological polar surface area (TPSA) is 114 Å². The normalized spacial score (nSPS) is 11.7. The van der Waals surface area contributed by atoms with Crippen LogP contribution >= 0.6 is 11.6 Å². The molecule has 0 radical (unpaired) electrons. The second-order valence-corrected chi connectivity index (χ2v) is 10.8. The number of hydrogen-bond acceptors (Lipinski definition) is 8. The Labute approximate surface area is 214 Å². The van der Waals surface area contributed by atoms with Gasteiger partial charge in [-0.2, -0.15) is 13.5 Å². The van der Waals surface area contributed by atoms with Crippen molar-refractivity contribution < 1.29 is 26.9 Å². The number of halogens is 1. The molecule has 2 aromatic carbocycles. The number of esters is 1. The molecule has 0 aliphatic carbocycles. The Balaban J connectivity index is 1.87. The molecule has 0 bridgehead atoms. The lowest BCUT2D eigenvalue weighted by Crippen LogP contribution is -2.36. The highest BCUT2D eigenvalue weighted by atomic mass is 35.5. The van der Waals surface area contributed by atoms with Crippen LogP contribution in [0, 0.1) is 0 Å². The van der Waals surface area contributed by atoms with Gasteiger partial charge in [-0.1, -0.05) is 48.0 Å². The number of carbonyl (C=O) groups excluding carboxylic acids is 1. The second kappa shape index (κ2) is 11.1. The molecule has 1 heterocycles. The van der Waals surface area contributed by atoms with Crippen LogP contribution in [0.5, 0.6) is 11.5 Å². The van der Waals surface area contributed by atoms with Gasteiger partial charge in [-0.3, -0.25) is 4.79 Å². The first-order valence-corrected chi connectivity index (χ1v) is 13.0. The average molecular weight is 535 g/mol. The Hall–Kier alpha value is -3.37. The molecule has 0 aliphatic heterocycles. The molecular formula is C25H27ClN2O7S. The first-order chi connectivity index (χ1) is 16.9. The predicted molar refractivity (Wildman–Crippen MR) is 135 cm³/mol. The van der Waals surface area contributed by atoms with E-state index in [1.165, 1.54) is 23.0 Å². The summed E-state index contributed by atoms with van der Waals surface area (Å²) in [4.78, 5) is 24.9. The Bertz CT molecular complexity index is 1400. The van der Waals surface area contributed by atoms with Crippen LogP contribution in [0.2, 0.25) is 5.02 Å². The summed E-state index contributed by atoms with van der Waals surface area (Å²) in [6, 6.07) is 12.8. The van der Waals surface area contributed by atoms with Crippen molar-refractivity contribution in [2.45, 2.75) is 45.6 Å². The van der Waals surface area contributed by atoms with Crippen molar-refractivity contribution in [1.29, 1.82) is 0 Å². The van der Waals surface area contributed by atoms with E-state index in [1.54, 1.807) is 43.3 Å². The maximum absolute atomic E-state index is 12.7. The van der Waals surface area contributed by atoms with E-state index in [9.17, 15) is 18.0 Å². The Morgan fingerprint density at radius 3 is 2.39 bits per heavy atom. The minimum Gasteiger partial charge on any atom is -0.485 e. The maximum atomic E-state index is 12.7. The van der Waals surface area contributed by atoms with E-state index in [0.717, 1.165) is 0 Å². The molecule has 0 unspecified atom stereocenters. The zero-order valence-corrected chi connectivity index (χ0v) is 21.9. The first-order valence-electron chi connectivity index (χ1n) is 11.1. The number of hydrogen-bond donors (Lipinski definition) is 0. The molecule has 1 aromatic heterocycles. The van der Waals surface area contributed by atoms with Gasteiger partial charge in [0.25, 0.3) is 5.56 Å². The third kappa shape index (κ3) is 6.86. The number of rotatable bonds is 9. The van der Waals surface area contributed by atoms with Crippen LogP contribution in [0.1, 0.15) is 49.2 Å². The molecule has 11 heteroatoms. The quantitative estimate of drug-likeness (QED) is 0.294. The number of nitrogens with zero attached hydrogens (tertiary/aromatic N) is 2. The van der Waals surface area contributed by atoms with E-state index >= 15 is 0 Å². The highest BCUT2D eigenvalue weighted by Gasteiger charge is 2.22. The Kier molecular flexibility index (Phi) is 8.42. The number of aromatic nitrogens is 2. The lowest BCUT2D eigenvalue weighted by molar-refractivity contribution is 0.0524. The molecule has 0 spiro atoms. The van der Waals surface area contributed by atoms with E-state index in [0.29, 0.717) is 11.1 Å². The van der Waals surface area contributed by atoms with Gasteiger partial charge in [0.15, 0.2) is 16.5 Å². The monoisotopic (exact) mass is 534 g/mol. The third-order valence-corrected chi connectivity index (χ3v) is 6.33. The maximum Gasteiger partial charge on any atom is 0.341 e. The molecule has 0 saturated carbocycles. The molecule has 0 aliphatic rings. The molecule has 36 heavy (non-hydrogen) atoms. The minimum absolute atomic E-state index is 0.0512. The fraction of sp³-hybridized carbons (Fsp3) is 0.320. The van der Waals surface area contributed by atoms with E-state index in [2.05, 4.69) is 5.10 Å². The van der Waals surface area contributed by atoms with Gasteiger partial charge in [0, 0.05) is 0 Å². The highest BCUT2D eigenvalue weighted by molar-refractivity contribution is 7.86. The molecule has 0 N–H and O–H groups in total. The van der Waals surface area contributed by atoms with E-state index in [4.69, 9.17) is 25.3 Å². The van der Waals surface area contributed by atoms with Crippen LogP contribution in [0.3, 0.4) is 0 Å². The van der Waals surface area contributed by atoms with Gasteiger partial charge in [-0.05, 0) is 51.0 Å². The Morgan fingerprint density at radius 1 is 1.06 bits per heavy atom. The smallest absolute Gasteiger partial charge is 0.341 e. The summed E-state index contributed by atoms with van der Waals surface area (Å²) in [5.74, 6) is -1.25. The van der Waals surface area contributed by atoms with E-state index in [-0.39, 0.29) is 41.1 Å². The summed E-state index contributed by atoms with van der Waals surface area (Å²) in [5.41, 5.74) is -0.134. The fourth-order valence-electron chi connectivity index (χ4n) is 3.20. The molecule has 9 nitrogen and oxygen atoms in total. The van der Waals surface area contributed by atoms with Crippen LogP contribution in [-0.4, -0.2) is 30.8 Å². The van der Waals surface area contributed by atoms with E-state index < -0.39 is 27.2 Å². The number of benzene rings is 2. The van der Waals surface area contributed by atoms with Crippen molar-refractivity contribution in [3.05, 3.63) is 86.8 Å². The van der Waals surface area contributed by atoms with Crippen LogP contribution in [0.25, 0.3) is 0 Å². The van der Waals surface area contributed by atoms with Crippen molar-refractivity contribution in [3.63, 3.8) is 0 Å². The standard InChI is InChI=1S/C25H27ClN2O7S/c1-5-33-24(30)19-12-11-18(13-20(19)35-36(31,32)16-17-9-7-6-8-10-17)15-34-21-14-27-28(25(2,3)4)23(29)22(21)26/h6-14H,5,15-16H2,1-4H3. The summed E-state index contributed by atoms with van der Waals surface area (Å²) in [7, 11) is -4.10. The largest absolute Gasteiger partial charge is 0.485 e. The Morgan fingerprint density at radius 2 is 1.75 bits per heavy atom. The van der Waals surface area contributed by atoms with Crippen LogP contribution in [-0.2, 0) is 32.8 Å². The van der Waals surface area contributed by atoms with Gasteiger partial charge in [0.1, 0.15) is 17.9 Å². The van der Waals surface area contributed by atoms with E-state index in [1.807, 2.05) is 20.8 Å². The van der Waals surface area contributed by atoms with Gasteiger partial charge in [-0.15, -0.1) is 0 Å². The van der Waals surface area contributed by atoms with Crippen molar-refractivity contribution in [2.75, 3.05) is 6.61 Å². The fourth-order valence-corrected chi connectivity index (χ4v) is 4.46. The zero-order chi connectivity index (χ0) is 26.5. The first kappa shape index (κ1) is 27.2. The average Bonchev–Trinajstić information content (AvgIpc) is 2.79. The SMILES string of the molecule is CCOC(=O)c1ccc(COc2cnn(C(C)(C)C)c(=O)c2Cl)cc1OS(=O)(=O)Cc1ccccc1.